The minimum atomic E-state index is -0.967. The summed E-state index contributed by atoms with van der Waals surface area (Å²) >= 11 is 0. The number of ether oxygens (including phenoxy) is 1. The van der Waals surface area contributed by atoms with E-state index in [0.29, 0.717) is 11.2 Å². The van der Waals surface area contributed by atoms with E-state index in [0.717, 1.165) is 0 Å². The Balaban J connectivity index is 2.04. The van der Waals surface area contributed by atoms with Crippen LogP contribution in [0.25, 0.3) is 11.2 Å². The molecule has 2 aromatic heterocycles. The Morgan fingerprint density at radius 3 is 2.84 bits per heavy atom. The highest BCUT2D eigenvalue weighted by atomic mass is 16.5. The Kier molecular flexibility index (Phi) is 2.82. The van der Waals surface area contributed by atoms with E-state index >= 15 is 0 Å². The molecule has 6 N–H and O–H groups in total. The van der Waals surface area contributed by atoms with Gasteiger partial charge in [-0.05, 0) is 0 Å². The Labute approximate surface area is 107 Å². The topological polar surface area (TPSA) is 145 Å². The SMILES string of the molecule is Nc1ncnc2c1ncn2[C@@H]1O[C@H](CO)[C@H](N)[C@H]1O. The van der Waals surface area contributed by atoms with E-state index in [1.54, 1.807) is 0 Å². The maximum atomic E-state index is 10.1. The van der Waals surface area contributed by atoms with E-state index in [-0.39, 0.29) is 12.4 Å². The molecule has 1 aliphatic rings. The zero-order valence-electron chi connectivity index (χ0n) is 9.92. The van der Waals surface area contributed by atoms with Crippen LogP contribution in [0.4, 0.5) is 5.82 Å². The average molecular weight is 266 g/mol. The molecule has 1 fully saturated rings. The summed E-state index contributed by atoms with van der Waals surface area (Å²) < 4.78 is 7.06. The number of hydrogen-bond acceptors (Lipinski definition) is 8. The van der Waals surface area contributed by atoms with Crippen molar-refractivity contribution in [1.29, 1.82) is 0 Å². The molecule has 1 aliphatic heterocycles. The lowest BCUT2D eigenvalue weighted by molar-refractivity contribution is -0.0488. The largest absolute Gasteiger partial charge is 0.394 e. The number of rotatable bonds is 2. The Bertz CT molecular complexity index is 602. The van der Waals surface area contributed by atoms with Crippen molar-refractivity contribution in [3.8, 4) is 0 Å². The molecule has 0 aliphatic carbocycles. The van der Waals surface area contributed by atoms with Crippen LogP contribution in [0.2, 0.25) is 0 Å². The number of anilines is 1. The maximum Gasteiger partial charge on any atom is 0.167 e. The lowest BCUT2D eigenvalue weighted by atomic mass is 10.1. The third-order valence-corrected chi connectivity index (χ3v) is 3.27. The number of nitrogens with zero attached hydrogens (tertiary/aromatic N) is 4. The van der Waals surface area contributed by atoms with Crippen LogP contribution < -0.4 is 11.5 Å². The Hall–Kier alpha value is -1.81. The number of imidazole rings is 1. The van der Waals surface area contributed by atoms with Crippen molar-refractivity contribution >= 4 is 17.0 Å². The first-order valence-electron chi connectivity index (χ1n) is 5.76. The van der Waals surface area contributed by atoms with Crippen molar-refractivity contribution in [3.05, 3.63) is 12.7 Å². The van der Waals surface area contributed by atoms with E-state index in [1.165, 1.54) is 17.2 Å². The number of aliphatic hydroxyl groups is 2. The van der Waals surface area contributed by atoms with E-state index in [4.69, 9.17) is 21.3 Å². The van der Waals surface area contributed by atoms with E-state index in [2.05, 4.69) is 15.0 Å². The number of fused-ring (bicyclic) bond motifs is 1. The van der Waals surface area contributed by atoms with Gasteiger partial charge in [-0.2, -0.15) is 0 Å². The quantitative estimate of drug-likeness (QED) is 0.487. The summed E-state index contributed by atoms with van der Waals surface area (Å²) in [7, 11) is 0. The summed E-state index contributed by atoms with van der Waals surface area (Å²) in [5, 5.41) is 19.2. The molecule has 2 aromatic rings. The van der Waals surface area contributed by atoms with Gasteiger partial charge in [-0.1, -0.05) is 0 Å². The minimum Gasteiger partial charge on any atom is -0.394 e. The molecule has 4 atom stereocenters. The van der Waals surface area contributed by atoms with Crippen LogP contribution in [0.15, 0.2) is 12.7 Å². The molecule has 0 unspecified atom stereocenters. The zero-order chi connectivity index (χ0) is 13.6. The van der Waals surface area contributed by atoms with E-state index in [9.17, 15) is 5.11 Å². The second-order valence-electron chi connectivity index (χ2n) is 4.40. The highest BCUT2D eigenvalue weighted by Gasteiger charge is 2.42. The predicted molar refractivity (Wildman–Crippen MR) is 64.7 cm³/mol. The molecule has 0 amide bonds. The second-order valence-corrected chi connectivity index (χ2v) is 4.40. The number of hydrogen-bond donors (Lipinski definition) is 4. The van der Waals surface area contributed by atoms with Gasteiger partial charge in [-0.3, -0.25) is 4.57 Å². The summed E-state index contributed by atoms with van der Waals surface area (Å²) in [4.78, 5) is 12.0. The van der Waals surface area contributed by atoms with Gasteiger partial charge in [-0.15, -0.1) is 0 Å². The van der Waals surface area contributed by atoms with Crippen LogP contribution in [0, 0.1) is 0 Å². The third kappa shape index (κ3) is 1.75. The van der Waals surface area contributed by atoms with Gasteiger partial charge in [0.15, 0.2) is 17.7 Å². The van der Waals surface area contributed by atoms with Gasteiger partial charge in [0, 0.05) is 0 Å². The van der Waals surface area contributed by atoms with Crippen molar-refractivity contribution < 1.29 is 14.9 Å². The van der Waals surface area contributed by atoms with Crippen LogP contribution >= 0.6 is 0 Å². The highest BCUT2D eigenvalue weighted by molar-refractivity contribution is 5.81. The van der Waals surface area contributed by atoms with Crippen molar-refractivity contribution in [2.75, 3.05) is 12.3 Å². The normalized spacial score (nSPS) is 31.1. The summed E-state index contributed by atoms with van der Waals surface area (Å²) in [5.41, 5.74) is 12.3. The van der Waals surface area contributed by atoms with Crippen molar-refractivity contribution in [3.63, 3.8) is 0 Å². The molecule has 0 saturated carbocycles. The van der Waals surface area contributed by atoms with Crippen LogP contribution in [0.3, 0.4) is 0 Å². The molecule has 0 spiro atoms. The first kappa shape index (κ1) is 12.2. The molecule has 0 aromatic carbocycles. The average Bonchev–Trinajstić information content (AvgIpc) is 2.94. The van der Waals surface area contributed by atoms with E-state index < -0.39 is 24.5 Å². The monoisotopic (exact) mass is 266 g/mol. The molecular weight excluding hydrogens is 252 g/mol. The van der Waals surface area contributed by atoms with Crippen molar-refractivity contribution in [1.82, 2.24) is 19.5 Å². The third-order valence-electron chi connectivity index (χ3n) is 3.27. The van der Waals surface area contributed by atoms with Gasteiger partial charge in [-0.25, -0.2) is 15.0 Å². The first-order valence-corrected chi connectivity index (χ1v) is 5.76. The smallest absolute Gasteiger partial charge is 0.167 e. The fourth-order valence-electron chi connectivity index (χ4n) is 2.21. The first-order chi connectivity index (χ1) is 9.13. The summed E-state index contributed by atoms with van der Waals surface area (Å²) in [6.07, 6.45) is 0.408. The molecule has 9 heteroatoms. The molecule has 3 heterocycles. The molecule has 19 heavy (non-hydrogen) atoms. The molecule has 3 rings (SSSR count). The lowest BCUT2D eigenvalue weighted by Gasteiger charge is -2.16. The Morgan fingerprint density at radius 1 is 1.37 bits per heavy atom. The zero-order valence-corrected chi connectivity index (χ0v) is 9.92. The van der Waals surface area contributed by atoms with Crippen molar-refractivity contribution in [2.45, 2.75) is 24.5 Å². The fourth-order valence-corrected chi connectivity index (χ4v) is 2.21. The van der Waals surface area contributed by atoms with Gasteiger partial charge < -0.3 is 26.4 Å². The minimum absolute atomic E-state index is 0.249. The molecular formula is C10H14N6O3. The fraction of sp³-hybridized carbons (Fsp3) is 0.500. The maximum absolute atomic E-state index is 10.1. The van der Waals surface area contributed by atoms with Crippen LogP contribution in [-0.4, -0.2) is 54.6 Å². The summed E-state index contributed by atoms with van der Waals surface area (Å²) in [5.74, 6) is 0.249. The van der Waals surface area contributed by atoms with Crippen LogP contribution in [0.5, 0.6) is 0 Å². The summed E-state index contributed by atoms with van der Waals surface area (Å²) in [6, 6.07) is -0.674. The standard InChI is InChI=1S/C10H14N6O3/c11-5-4(1-17)19-10(7(5)18)16-3-15-6-8(12)13-2-14-9(6)16/h2-5,7,10,17-18H,1,11H2,(H2,12,13,14)/t4-,5+,7-,10-/m1/s1. The highest BCUT2D eigenvalue weighted by Crippen LogP contribution is 2.30. The molecule has 102 valence electrons. The second kappa shape index (κ2) is 4.38. The number of aromatic nitrogens is 4. The molecule has 0 bridgehead atoms. The van der Waals surface area contributed by atoms with Gasteiger partial charge in [0.25, 0.3) is 0 Å². The number of nitrogens with two attached hydrogens (primary N) is 2. The van der Waals surface area contributed by atoms with Gasteiger partial charge in [0.05, 0.1) is 19.0 Å². The molecule has 9 nitrogen and oxygen atoms in total. The summed E-state index contributed by atoms with van der Waals surface area (Å²) in [6.45, 7) is -0.265. The van der Waals surface area contributed by atoms with Gasteiger partial charge >= 0.3 is 0 Å². The lowest BCUT2D eigenvalue weighted by Crippen LogP contribution is -2.41. The number of aliphatic hydroxyl groups excluding tert-OH is 2. The van der Waals surface area contributed by atoms with Gasteiger partial charge in [0.1, 0.15) is 24.1 Å². The predicted octanol–water partition coefficient (Wildman–Crippen LogP) is -2.01. The Morgan fingerprint density at radius 2 is 2.16 bits per heavy atom. The van der Waals surface area contributed by atoms with Crippen LogP contribution in [0.1, 0.15) is 6.23 Å². The van der Waals surface area contributed by atoms with Crippen LogP contribution in [-0.2, 0) is 4.74 Å². The molecule has 0 radical (unpaired) electrons. The van der Waals surface area contributed by atoms with Crippen molar-refractivity contribution in [2.24, 2.45) is 5.73 Å². The number of nitrogen functional groups attached to an aromatic ring is 1. The van der Waals surface area contributed by atoms with E-state index in [1.807, 2.05) is 0 Å². The van der Waals surface area contributed by atoms with Gasteiger partial charge in [0.2, 0.25) is 0 Å². The molecule has 1 saturated heterocycles.